The van der Waals surface area contributed by atoms with Gasteiger partial charge >= 0.3 is 0 Å². The monoisotopic (exact) mass is 254 g/mol. The van der Waals surface area contributed by atoms with Crippen molar-refractivity contribution in [1.82, 2.24) is 5.32 Å². The van der Waals surface area contributed by atoms with Gasteiger partial charge in [-0.25, -0.2) is 4.39 Å². The van der Waals surface area contributed by atoms with Crippen LogP contribution in [0, 0.1) is 5.82 Å². The van der Waals surface area contributed by atoms with Crippen LogP contribution in [0.25, 0.3) is 0 Å². The summed E-state index contributed by atoms with van der Waals surface area (Å²) in [5.41, 5.74) is 0.516. The molecule has 0 aromatic heterocycles. The maximum Gasteiger partial charge on any atom is 0.257 e. The molecule has 0 saturated carbocycles. The lowest BCUT2D eigenvalue weighted by Crippen LogP contribution is -2.28. The number of ether oxygens (including phenoxy) is 1. The minimum atomic E-state index is -0.474. The van der Waals surface area contributed by atoms with Crippen molar-refractivity contribution in [1.29, 1.82) is 0 Å². The first-order valence-corrected chi connectivity index (χ1v) is 5.46. The van der Waals surface area contributed by atoms with Crippen molar-refractivity contribution in [2.24, 2.45) is 5.16 Å². The summed E-state index contributed by atoms with van der Waals surface area (Å²) in [6.45, 7) is 3.64. The van der Waals surface area contributed by atoms with Gasteiger partial charge in [0.25, 0.3) is 5.91 Å². The average Bonchev–Trinajstić information content (AvgIpc) is 2.36. The first-order chi connectivity index (χ1) is 8.58. The molecule has 1 amide bonds. The first kappa shape index (κ1) is 14.0. The van der Waals surface area contributed by atoms with E-state index in [2.05, 4.69) is 10.5 Å². The molecule has 0 aliphatic carbocycles. The zero-order chi connectivity index (χ0) is 13.5. The number of amides is 1. The Labute approximate surface area is 104 Å². The quantitative estimate of drug-likeness (QED) is 0.475. The average molecular weight is 254 g/mol. The Hall–Kier alpha value is -2.11. The number of hydrogen-bond acceptors (Lipinski definition) is 4. The van der Waals surface area contributed by atoms with Gasteiger partial charge in [0.15, 0.2) is 6.61 Å². The summed E-state index contributed by atoms with van der Waals surface area (Å²) >= 11 is 0. The van der Waals surface area contributed by atoms with Crippen LogP contribution < -0.4 is 10.1 Å². The van der Waals surface area contributed by atoms with Crippen molar-refractivity contribution in [3.8, 4) is 5.75 Å². The molecule has 1 aromatic rings. The van der Waals surface area contributed by atoms with E-state index in [9.17, 15) is 9.18 Å². The van der Waals surface area contributed by atoms with Crippen molar-refractivity contribution in [2.75, 3.05) is 13.2 Å². The van der Waals surface area contributed by atoms with Crippen LogP contribution in [0.1, 0.15) is 19.4 Å². The molecule has 0 radical (unpaired) electrons. The van der Waals surface area contributed by atoms with Crippen LogP contribution in [-0.4, -0.2) is 30.0 Å². The molecule has 0 spiro atoms. The van der Waals surface area contributed by atoms with Crippen LogP contribution in [0.4, 0.5) is 4.39 Å². The number of nitrogens with one attached hydrogen (secondary N) is 1. The summed E-state index contributed by atoms with van der Waals surface area (Å²) in [7, 11) is 0. The summed E-state index contributed by atoms with van der Waals surface area (Å²) in [6, 6.07) is 3.78. The number of rotatable bonds is 5. The molecule has 0 aliphatic rings. The van der Waals surface area contributed by atoms with Crippen molar-refractivity contribution < 1.29 is 19.1 Å². The lowest BCUT2D eigenvalue weighted by Gasteiger charge is -2.10. The van der Waals surface area contributed by atoms with E-state index in [0.717, 1.165) is 0 Å². The van der Waals surface area contributed by atoms with Gasteiger partial charge < -0.3 is 15.3 Å². The third-order valence-corrected chi connectivity index (χ3v) is 2.21. The van der Waals surface area contributed by atoms with Crippen molar-refractivity contribution >= 4 is 11.6 Å². The number of halogens is 1. The number of carbonyl (C=O) groups excluding carboxylic acids is 1. The summed E-state index contributed by atoms with van der Waals surface area (Å²) < 4.78 is 18.4. The maximum atomic E-state index is 13.1. The summed E-state index contributed by atoms with van der Waals surface area (Å²) in [6.07, 6.45) is 0. The minimum Gasteiger partial charge on any atom is -0.483 e. The van der Waals surface area contributed by atoms with Crippen molar-refractivity contribution in [3.63, 3.8) is 0 Å². The lowest BCUT2D eigenvalue weighted by atomic mass is 10.1. The van der Waals surface area contributed by atoms with Gasteiger partial charge in [-0.05, 0) is 32.0 Å². The zero-order valence-corrected chi connectivity index (χ0v) is 10.2. The number of hydrogen-bond donors (Lipinski definition) is 2. The van der Waals surface area contributed by atoms with Crippen molar-refractivity contribution in [3.05, 3.63) is 29.6 Å². The van der Waals surface area contributed by atoms with E-state index in [4.69, 9.17) is 9.94 Å². The zero-order valence-electron chi connectivity index (χ0n) is 10.2. The highest BCUT2D eigenvalue weighted by Gasteiger charge is 2.10. The van der Waals surface area contributed by atoms with Gasteiger partial charge in [-0.2, -0.15) is 0 Å². The minimum absolute atomic E-state index is 0.175. The number of oxime groups is 1. The predicted molar refractivity (Wildman–Crippen MR) is 64.6 cm³/mol. The molecule has 0 unspecified atom stereocenters. The molecule has 0 saturated heterocycles. The number of likely N-dealkylation sites (N-methyl/N-ethyl adjacent to an activating group) is 1. The van der Waals surface area contributed by atoms with E-state index in [1.165, 1.54) is 25.1 Å². The Morgan fingerprint density at radius 1 is 1.56 bits per heavy atom. The lowest BCUT2D eigenvalue weighted by molar-refractivity contribution is -0.122. The van der Waals surface area contributed by atoms with Crippen LogP contribution in [0.15, 0.2) is 23.4 Å². The van der Waals surface area contributed by atoms with Crippen LogP contribution in [0.3, 0.4) is 0 Å². The fourth-order valence-corrected chi connectivity index (χ4v) is 1.36. The van der Waals surface area contributed by atoms with E-state index in [1.54, 1.807) is 6.92 Å². The van der Waals surface area contributed by atoms with Gasteiger partial charge in [0, 0.05) is 12.1 Å². The van der Waals surface area contributed by atoms with Gasteiger partial charge in [-0.3, -0.25) is 4.79 Å². The Bertz CT molecular complexity index is 461. The van der Waals surface area contributed by atoms with Gasteiger partial charge in [-0.1, -0.05) is 5.16 Å². The normalized spacial score (nSPS) is 11.2. The fraction of sp³-hybridized carbons (Fsp3) is 0.333. The largest absolute Gasteiger partial charge is 0.483 e. The summed E-state index contributed by atoms with van der Waals surface area (Å²) in [4.78, 5) is 11.2. The highest BCUT2D eigenvalue weighted by molar-refractivity contribution is 6.00. The van der Waals surface area contributed by atoms with Crippen LogP contribution in [0.5, 0.6) is 5.75 Å². The van der Waals surface area contributed by atoms with E-state index < -0.39 is 5.82 Å². The Morgan fingerprint density at radius 2 is 2.28 bits per heavy atom. The fourth-order valence-electron chi connectivity index (χ4n) is 1.36. The molecule has 0 bridgehead atoms. The molecule has 6 heteroatoms. The van der Waals surface area contributed by atoms with Crippen LogP contribution in [0.2, 0.25) is 0 Å². The van der Waals surface area contributed by atoms with E-state index in [-0.39, 0.29) is 24.0 Å². The molecule has 98 valence electrons. The molecular weight excluding hydrogens is 239 g/mol. The topological polar surface area (TPSA) is 70.9 Å². The standard InChI is InChI=1S/C12H15FN2O3/c1-3-14-12(16)7-18-11-5-4-9(13)6-10(11)8(2)15-17/h4-6,17H,3,7H2,1-2H3,(H,14,16). The number of nitrogens with zero attached hydrogens (tertiary/aromatic N) is 1. The number of carbonyl (C=O) groups is 1. The Balaban J connectivity index is 2.85. The maximum absolute atomic E-state index is 13.1. The summed E-state index contributed by atoms with van der Waals surface area (Å²) in [5.74, 6) is -0.456. The van der Waals surface area contributed by atoms with Gasteiger partial charge in [0.2, 0.25) is 0 Å². The molecule has 5 nitrogen and oxygen atoms in total. The molecule has 0 heterocycles. The third kappa shape index (κ3) is 3.73. The van der Waals surface area contributed by atoms with E-state index >= 15 is 0 Å². The first-order valence-electron chi connectivity index (χ1n) is 5.46. The molecule has 18 heavy (non-hydrogen) atoms. The van der Waals surface area contributed by atoms with E-state index in [0.29, 0.717) is 12.1 Å². The second kappa shape index (κ2) is 6.58. The third-order valence-electron chi connectivity index (χ3n) is 2.21. The van der Waals surface area contributed by atoms with Crippen molar-refractivity contribution in [2.45, 2.75) is 13.8 Å². The highest BCUT2D eigenvalue weighted by Crippen LogP contribution is 2.20. The smallest absolute Gasteiger partial charge is 0.257 e. The second-order valence-corrected chi connectivity index (χ2v) is 3.57. The summed E-state index contributed by atoms with van der Waals surface area (Å²) in [5, 5.41) is 14.3. The molecule has 2 N–H and O–H groups in total. The molecule has 1 aromatic carbocycles. The number of benzene rings is 1. The highest BCUT2D eigenvalue weighted by atomic mass is 19.1. The molecule has 1 rings (SSSR count). The van der Waals surface area contributed by atoms with E-state index in [1.807, 2.05) is 0 Å². The molecule has 0 atom stereocenters. The van der Waals surface area contributed by atoms with Crippen LogP contribution in [-0.2, 0) is 4.79 Å². The van der Waals surface area contributed by atoms with Gasteiger partial charge in [-0.15, -0.1) is 0 Å². The second-order valence-electron chi connectivity index (χ2n) is 3.57. The predicted octanol–water partition coefficient (Wildman–Crippen LogP) is 1.54. The SMILES string of the molecule is CCNC(=O)COc1ccc(F)cc1C(C)=NO. The van der Waals surface area contributed by atoms with Gasteiger partial charge in [0.05, 0.1) is 5.71 Å². The van der Waals surface area contributed by atoms with Gasteiger partial charge in [0.1, 0.15) is 11.6 Å². The van der Waals surface area contributed by atoms with Crippen LogP contribution >= 0.6 is 0 Å². The molecule has 0 fully saturated rings. The molecular formula is C12H15FN2O3. The Morgan fingerprint density at radius 3 is 2.89 bits per heavy atom. The Kier molecular flexibility index (Phi) is 5.10. The molecule has 0 aliphatic heterocycles.